The molecule has 1 fully saturated rings. The van der Waals surface area contributed by atoms with Gasteiger partial charge >= 0.3 is 0 Å². The second kappa shape index (κ2) is 39.0. The van der Waals surface area contributed by atoms with Gasteiger partial charge in [-0.15, -0.1) is 0 Å². The Labute approximate surface area is 797 Å². The van der Waals surface area contributed by atoms with Crippen LogP contribution in [0.5, 0.6) is 0 Å². The summed E-state index contributed by atoms with van der Waals surface area (Å²) in [6.45, 7) is 9.52. The number of aromatic nitrogens is 24. The van der Waals surface area contributed by atoms with E-state index in [0.29, 0.717) is 149 Å². The van der Waals surface area contributed by atoms with Gasteiger partial charge < -0.3 is 55.5 Å². The van der Waals surface area contributed by atoms with Gasteiger partial charge in [0.15, 0.2) is 45.9 Å². The van der Waals surface area contributed by atoms with Crippen LogP contribution < -0.4 is 16.0 Å². The van der Waals surface area contributed by atoms with E-state index < -0.39 is 0 Å². The number of nitrogens with one attached hydrogen (secondary N) is 11. The van der Waals surface area contributed by atoms with E-state index in [4.69, 9.17) is 19.9 Å². The van der Waals surface area contributed by atoms with Gasteiger partial charge in [-0.1, -0.05) is 65.0 Å². The van der Waals surface area contributed by atoms with Crippen molar-refractivity contribution in [2.24, 2.45) is 17.8 Å². The highest BCUT2D eigenvalue weighted by atomic mass is 16.2. The maximum atomic E-state index is 12.6. The first-order valence-electron chi connectivity index (χ1n) is 45.0. The zero-order valence-corrected chi connectivity index (χ0v) is 78.5. The molecular weight excluding hydrogens is 1780 g/mol. The Bertz CT molecular complexity index is 8000. The van der Waals surface area contributed by atoms with E-state index in [-0.39, 0.29) is 64.9 Å². The lowest BCUT2D eigenvalue weighted by Gasteiger charge is -2.09. The second-order valence-corrected chi connectivity index (χ2v) is 35.3. The molecule has 1 aliphatic rings. The standard InChI is InChI=1S/C26H26N8O2.C25H22N8O2.C25H24N8O2.C25H23N7O2/c1-14(2)8-21(35)29-17-9-15(11-27-13-17)16-10-19-23(32-33-24(19)28-12-16)25-30-20-7-5-6-18(22(20)31-25)26(36)34(3)4;1-33(2)25(35)17-4-3-5-19-20(17)30-23(29-19)21-18-9-15(11-27-22(18)32-31-21)14-8-16(12-26-10-14)28-24(34)13-6-7-13;1-13(2)24(34)28-16-8-14(10-26-12-16)15-9-18-21(31-32-22(18)27-11-15)23-29-19-7-5-6-17(20(19)30-23)25(35)33(3)4;1-4-17(33)11-16-9-8-14(12-26-16)15-10-19-22(30-31-23(19)27-13-15)24-28-20-7-5-6-18(21(20)29-24)25(34)32(2)3/h5-7,9-14H,8H2,1-4H3,(H,29,35)(H,30,31)(H,28,32,33);3-5,8-13H,6-7H2,1-2H3,(H,28,34)(H,29,30)(H,27,31,32);5-13H,1-4H3,(H,28,34)(H,29,30)(H,27,31,32);5-10,12-13H,4,11H2,1-3H3,(H,28,29)(H,27,30,31). The molecule has 702 valence electrons. The van der Waals surface area contributed by atoms with Crippen molar-refractivity contribution in [3.05, 3.63) is 224 Å². The molecule has 0 spiro atoms. The number of benzene rings is 4. The number of carbonyl (C=O) groups excluding carboxylic acids is 8. The van der Waals surface area contributed by atoms with Crippen molar-refractivity contribution in [2.45, 2.75) is 66.7 Å². The topological polar surface area (TPSA) is 518 Å². The molecule has 16 aromatic heterocycles. The van der Waals surface area contributed by atoms with Crippen LogP contribution in [0.25, 0.3) is 179 Å². The fraction of sp³-hybridized carbons (Fsp3) is 0.208. The van der Waals surface area contributed by atoms with Gasteiger partial charge in [0.25, 0.3) is 23.6 Å². The number of carbonyl (C=O) groups is 8. The largest absolute Gasteiger partial charge is 0.345 e. The number of para-hydroxylation sites is 4. The number of Topliss-reactive ketones (excluding diaryl/α,β-unsaturated/α-hetero) is 1. The van der Waals surface area contributed by atoms with Gasteiger partial charge in [-0.3, -0.25) is 78.7 Å². The minimum atomic E-state index is -0.137. The summed E-state index contributed by atoms with van der Waals surface area (Å²) in [4.78, 5) is 172. The van der Waals surface area contributed by atoms with Crippen molar-refractivity contribution in [3.8, 4) is 90.6 Å². The lowest BCUT2D eigenvalue weighted by atomic mass is 10.1. The zero-order chi connectivity index (χ0) is 98.0. The average molecular weight is 1870 g/mol. The molecule has 4 aromatic carbocycles. The summed E-state index contributed by atoms with van der Waals surface area (Å²) in [5, 5.41) is 41.2. The highest BCUT2D eigenvalue weighted by Crippen LogP contribution is 2.38. The summed E-state index contributed by atoms with van der Waals surface area (Å²) in [6.07, 6.45) is 21.9. The van der Waals surface area contributed by atoms with Crippen molar-refractivity contribution in [1.82, 2.24) is 140 Å². The van der Waals surface area contributed by atoms with Crippen LogP contribution in [0.2, 0.25) is 0 Å². The molecule has 21 rings (SSSR count). The maximum absolute atomic E-state index is 12.6. The minimum absolute atomic E-state index is 0.0339. The Hall–Kier alpha value is -18.2. The third-order valence-electron chi connectivity index (χ3n) is 23.2. The summed E-state index contributed by atoms with van der Waals surface area (Å²) in [7, 11) is 13.7. The Morgan fingerprint density at radius 3 is 0.979 bits per heavy atom. The molecule has 20 aromatic rings. The molecule has 140 heavy (non-hydrogen) atoms. The van der Waals surface area contributed by atoms with E-state index in [1.165, 1.54) is 19.6 Å². The lowest BCUT2D eigenvalue weighted by molar-refractivity contribution is -0.119. The molecule has 11 N–H and O–H groups in total. The highest BCUT2D eigenvalue weighted by Gasteiger charge is 2.31. The van der Waals surface area contributed by atoms with E-state index in [0.717, 1.165) is 107 Å². The quantitative estimate of drug-likeness (QED) is 0.0300. The fourth-order valence-corrected chi connectivity index (χ4v) is 15.7. The molecule has 0 radical (unpaired) electrons. The molecule has 0 unspecified atom stereocenters. The first-order valence-corrected chi connectivity index (χ1v) is 45.0. The molecule has 1 saturated carbocycles. The Morgan fingerprint density at radius 2 is 0.679 bits per heavy atom. The molecular formula is C101H95N31O8. The number of aromatic amines is 8. The first-order chi connectivity index (χ1) is 67.5. The predicted molar refractivity (Wildman–Crippen MR) is 533 cm³/mol. The zero-order valence-electron chi connectivity index (χ0n) is 78.5. The van der Waals surface area contributed by atoms with E-state index in [1.807, 2.05) is 138 Å². The number of hydrogen-bond acceptors (Lipinski definition) is 24. The van der Waals surface area contributed by atoms with E-state index in [9.17, 15) is 38.4 Å². The summed E-state index contributed by atoms with van der Waals surface area (Å²) in [6, 6.07) is 39.2. The second-order valence-electron chi connectivity index (χ2n) is 35.3. The number of rotatable bonds is 22. The van der Waals surface area contributed by atoms with Gasteiger partial charge in [-0.05, 0) is 116 Å². The lowest BCUT2D eigenvalue weighted by Crippen LogP contribution is -2.21. The van der Waals surface area contributed by atoms with Crippen molar-refractivity contribution >= 4 is 152 Å². The maximum Gasteiger partial charge on any atom is 0.255 e. The van der Waals surface area contributed by atoms with Crippen molar-refractivity contribution in [3.63, 3.8) is 0 Å². The number of amides is 7. The number of anilines is 3. The highest BCUT2D eigenvalue weighted by molar-refractivity contribution is 6.10. The van der Waals surface area contributed by atoms with Crippen LogP contribution in [0, 0.1) is 17.8 Å². The van der Waals surface area contributed by atoms with Gasteiger partial charge in [0, 0.05) is 187 Å². The van der Waals surface area contributed by atoms with Crippen molar-refractivity contribution < 1.29 is 38.4 Å². The molecule has 0 bridgehead atoms. The van der Waals surface area contributed by atoms with Crippen LogP contribution in [0.15, 0.2) is 196 Å². The van der Waals surface area contributed by atoms with E-state index in [1.54, 1.807) is 149 Å². The number of nitrogens with zero attached hydrogens (tertiary/aromatic N) is 20. The van der Waals surface area contributed by atoms with Crippen LogP contribution in [0.3, 0.4) is 0 Å². The van der Waals surface area contributed by atoms with Gasteiger partial charge in [0.2, 0.25) is 17.7 Å². The Kier molecular flexibility index (Phi) is 25.7. The van der Waals surface area contributed by atoms with Gasteiger partial charge in [0.05, 0.1) is 102 Å². The fourth-order valence-electron chi connectivity index (χ4n) is 15.7. The van der Waals surface area contributed by atoms with E-state index >= 15 is 0 Å². The van der Waals surface area contributed by atoms with Gasteiger partial charge in [-0.25, -0.2) is 39.9 Å². The SMILES string of the molecule is CC(C)C(=O)Nc1cncc(-c2cnc3n[nH]c(-c4nc5c(C(=O)N(C)C)cccc5[nH]4)c3c2)c1.CC(C)CC(=O)Nc1cncc(-c2cnc3n[nH]c(-c4nc5c(C(=O)N(C)C)cccc5[nH]4)c3c2)c1.CCC(=O)Cc1ccc(-c2cnc3n[nH]c(-c4nc5c(C(=O)N(C)C)cccc5[nH]4)c3c2)cn1.CN(C)C(=O)c1cccc2[nH]c(-c3[nH]nc4ncc(-c5cncc(NC(=O)C6CC6)c5)cc34)nc12. The Balaban J connectivity index is 0.000000124. The normalized spacial score (nSPS) is 11.8. The number of ketones is 1. The molecule has 7 amide bonds. The average Bonchev–Trinajstić information content (AvgIpc) is 1.63. The number of H-pyrrole nitrogens is 8. The van der Waals surface area contributed by atoms with Crippen LogP contribution in [-0.4, -0.2) is 244 Å². The number of hydrogen-bond donors (Lipinski definition) is 11. The molecule has 0 aliphatic heterocycles. The Morgan fingerprint density at radius 1 is 0.364 bits per heavy atom. The van der Waals surface area contributed by atoms with Crippen LogP contribution in [0.4, 0.5) is 17.1 Å². The summed E-state index contributed by atoms with van der Waals surface area (Å²) >= 11 is 0. The molecule has 0 saturated heterocycles. The molecule has 1 aliphatic carbocycles. The molecule has 39 nitrogen and oxygen atoms in total. The number of pyridine rings is 8. The molecule has 16 heterocycles. The van der Waals surface area contributed by atoms with Gasteiger partial charge in [-0.2, -0.15) is 20.4 Å². The van der Waals surface area contributed by atoms with Crippen LogP contribution in [0.1, 0.15) is 107 Å². The summed E-state index contributed by atoms with van der Waals surface area (Å²) in [5.41, 5.74) is 21.6. The first kappa shape index (κ1) is 92.3. The minimum Gasteiger partial charge on any atom is -0.345 e. The number of imidazole rings is 4. The third kappa shape index (κ3) is 19.5. The summed E-state index contributed by atoms with van der Waals surface area (Å²) in [5.74, 6) is 2.08. The molecule has 39 heteroatoms. The smallest absolute Gasteiger partial charge is 0.255 e. The van der Waals surface area contributed by atoms with E-state index in [2.05, 4.69) is 117 Å². The number of fused-ring (bicyclic) bond motifs is 8. The van der Waals surface area contributed by atoms with Crippen molar-refractivity contribution in [2.75, 3.05) is 72.3 Å². The van der Waals surface area contributed by atoms with Gasteiger partial charge in [0.1, 0.15) is 50.6 Å². The summed E-state index contributed by atoms with van der Waals surface area (Å²) < 4.78 is 0. The third-order valence-corrected chi connectivity index (χ3v) is 23.2. The predicted octanol–water partition coefficient (Wildman–Crippen LogP) is 15.5. The van der Waals surface area contributed by atoms with Crippen LogP contribution >= 0.6 is 0 Å². The van der Waals surface area contributed by atoms with Crippen molar-refractivity contribution in [1.29, 1.82) is 0 Å². The van der Waals surface area contributed by atoms with Crippen LogP contribution in [-0.2, 0) is 25.6 Å². The monoisotopic (exact) mass is 1870 g/mol. The molecule has 0 atom stereocenters.